The molecule has 5 heteroatoms. The maximum absolute atomic E-state index is 12.0. The summed E-state index contributed by atoms with van der Waals surface area (Å²) in [6, 6.07) is 7.82. The van der Waals surface area contributed by atoms with E-state index in [0.29, 0.717) is 6.54 Å². The molecule has 0 saturated heterocycles. The van der Waals surface area contributed by atoms with Crippen molar-refractivity contribution in [1.29, 1.82) is 0 Å². The van der Waals surface area contributed by atoms with Crippen LogP contribution in [0.3, 0.4) is 0 Å². The Labute approximate surface area is 108 Å². The molecule has 1 aromatic rings. The van der Waals surface area contributed by atoms with Gasteiger partial charge in [0.05, 0.1) is 5.25 Å². The molecule has 1 atom stereocenters. The van der Waals surface area contributed by atoms with Gasteiger partial charge in [0.1, 0.15) is 0 Å². The van der Waals surface area contributed by atoms with Gasteiger partial charge in [-0.3, -0.25) is 0 Å². The number of alkyl halides is 1. The standard InChI is InChI=1S/C12H18ClNO2S/c1-10-5-4-6-12(7-10)9-14(3)17(15,16)11(2)8-13/h4-7,11H,8-9H2,1-3H3. The molecule has 0 aliphatic heterocycles. The number of nitrogens with zero attached hydrogens (tertiary/aromatic N) is 1. The summed E-state index contributed by atoms with van der Waals surface area (Å²) in [4.78, 5) is 0. The third-order valence-electron chi connectivity index (χ3n) is 2.65. The molecule has 0 bridgehead atoms. The second kappa shape index (κ2) is 5.85. The van der Waals surface area contributed by atoms with E-state index < -0.39 is 15.3 Å². The van der Waals surface area contributed by atoms with Crippen molar-refractivity contribution in [3.63, 3.8) is 0 Å². The predicted octanol–water partition coefficient (Wildman–Crippen LogP) is 2.38. The van der Waals surface area contributed by atoms with Crippen LogP contribution in [0.5, 0.6) is 0 Å². The molecule has 0 amide bonds. The first-order valence-corrected chi connectivity index (χ1v) is 7.48. The van der Waals surface area contributed by atoms with E-state index in [1.54, 1.807) is 14.0 Å². The number of hydrogen-bond donors (Lipinski definition) is 0. The maximum atomic E-state index is 12.0. The number of aryl methyl sites for hydroxylation is 1. The van der Waals surface area contributed by atoms with Crippen molar-refractivity contribution in [3.05, 3.63) is 35.4 Å². The molecule has 0 saturated carbocycles. The van der Waals surface area contributed by atoms with Crippen LogP contribution >= 0.6 is 11.6 Å². The molecule has 0 aromatic heterocycles. The quantitative estimate of drug-likeness (QED) is 0.774. The lowest BCUT2D eigenvalue weighted by atomic mass is 10.1. The number of halogens is 1. The lowest BCUT2D eigenvalue weighted by Gasteiger charge is -2.20. The zero-order valence-electron chi connectivity index (χ0n) is 10.4. The highest BCUT2D eigenvalue weighted by molar-refractivity contribution is 7.89. The van der Waals surface area contributed by atoms with Gasteiger partial charge in [0.2, 0.25) is 10.0 Å². The average molecular weight is 276 g/mol. The van der Waals surface area contributed by atoms with Crippen LogP contribution in [-0.4, -0.2) is 30.9 Å². The molecule has 1 unspecified atom stereocenters. The van der Waals surface area contributed by atoms with Gasteiger partial charge in [-0.2, -0.15) is 0 Å². The van der Waals surface area contributed by atoms with Crippen LogP contribution in [0.1, 0.15) is 18.1 Å². The third-order valence-corrected chi connectivity index (χ3v) is 5.48. The Bertz CT molecular complexity index is 473. The summed E-state index contributed by atoms with van der Waals surface area (Å²) in [6.45, 7) is 3.99. The molecule has 0 radical (unpaired) electrons. The highest BCUT2D eigenvalue weighted by Crippen LogP contribution is 2.13. The Hall–Kier alpha value is -0.580. The molecule has 0 aliphatic carbocycles. The molecule has 0 N–H and O–H groups in total. The Morgan fingerprint density at radius 3 is 2.59 bits per heavy atom. The smallest absolute Gasteiger partial charge is 0.212 e. The zero-order chi connectivity index (χ0) is 13.1. The Morgan fingerprint density at radius 2 is 2.06 bits per heavy atom. The van der Waals surface area contributed by atoms with Crippen molar-refractivity contribution in [2.75, 3.05) is 12.9 Å². The van der Waals surface area contributed by atoms with Crippen LogP contribution in [0.15, 0.2) is 24.3 Å². The van der Waals surface area contributed by atoms with Gasteiger partial charge >= 0.3 is 0 Å². The van der Waals surface area contributed by atoms with Gasteiger partial charge in [0.25, 0.3) is 0 Å². The molecular weight excluding hydrogens is 258 g/mol. The molecule has 1 rings (SSSR count). The normalized spacial score (nSPS) is 13.9. The van der Waals surface area contributed by atoms with Gasteiger partial charge < -0.3 is 0 Å². The molecule has 0 fully saturated rings. The lowest BCUT2D eigenvalue weighted by molar-refractivity contribution is 0.460. The Balaban J connectivity index is 2.83. The van der Waals surface area contributed by atoms with Crippen LogP contribution < -0.4 is 0 Å². The molecule has 3 nitrogen and oxygen atoms in total. The number of rotatable bonds is 5. The predicted molar refractivity (Wildman–Crippen MR) is 71.7 cm³/mol. The lowest BCUT2D eigenvalue weighted by Crippen LogP contribution is -2.35. The number of hydrogen-bond acceptors (Lipinski definition) is 2. The van der Waals surface area contributed by atoms with Crippen LogP contribution in [0.2, 0.25) is 0 Å². The van der Waals surface area contributed by atoms with Crippen molar-refractivity contribution in [2.24, 2.45) is 0 Å². The topological polar surface area (TPSA) is 37.4 Å². The van der Waals surface area contributed by atoms with Crippen molar-refractivity contribution in [2.45, 2.75) is 25.6 Å². The second-order valence-electron chi connectivity index (χ2n) is 4.25. The zero-order valence-corrected chi connectivity index (χ0v) is 11.9. The molecule has 0 heterocycles. The molecule has 0 spiro atoms. The minimum absolute atomic E-state index is 0.112. The molecule has 96 valence electrons. The molecule has 1 aromatic carbocycles. The third kappa shape index (κ3) is 3.69. The summed E-state index contributed by atoms with van der Waals surface area (Å²) < 4.78 is 25.3. The maximum Gasteiger partial charge on any atom is 0.217 e. The van der Waals surface area contributed by atoms with Crippen LogP contribution in [-0.2, 0) is 16.6 Å². The fourth-order valence-corrected chi connectivity index (χ4v) is 3.12. The summed E-state index contributed by atoms with van der Waals surface area (Å²) in [6.07, 6.45) is 0. The van der Waals surface area contributed by atoms with Crippen molar-refractivity contribution in [3.8, 4) is 0 Å². The monoisotopic (exact) mass is 275 g/mol. The first kappa shape index (κ1) is 14.5. The fourth-order valence-electron chi connectivity index (χ4n) is 1.54. The van der Waals surface area contributed by atoms with E-state index in [9.17, 15) is 8.42 Å². The van der Waals surface area contributed by atoms with Gasteiger partial charge in [-0.15, -0.1) is 11.6 Å². The average Bonchev–Trinajstić information content (AvgIpc) is 2.27. The second-order valence-corrected chi connectivity index (χ2v) is 7.02. The van der Waals surface area contributed by atoms with E-state index in [0.717, 1.165) is 11.1 Å². The minimum Gasteiger partial charge on any atom is -0.212 e. The van der Waals surface area contributed by atoms with Crippen molar-refractivity contribution in [1.82, 2.24) is 4.31 Å². The summed E-state index contributed by atoms with van der Waals surface area (Å²) in [5, 5.41) is -0.557. The van der Waals surface area contributed by atoms with E-state index >= 15 is 0 Å². The SMILES string of the molecule is Cc1cccc(CN(C)S(=O)(=O)C(C)CCl)c1. The number of benzene rings is 1. The van der Waals surface area contributed by atoms with E-state index in [2.05, 4.69) is 0 Å². The van der Waals surface area contributed by atoms with Crippen molar-refractivity contribution >= 4 is 21.6 Å². The number of sulfonamides is 1. The van der Waals surface area contributed by atoms with Crippen molar-refractivity contribution < 1.29 is 8.42 Å². The van der Waals surface area contributed by atoms with E-state index in [1.165, 1.54) is 4.31 Å². The van der Waals surface area contributed by atoms with Gasteiger partial charge in [0, 0.05) is 19.5 Å². The molecular formula is C12H18ClNO2S. The van der Waals surface area contributed by atoms with Crippen LogP contribution in [0.25, 0.3) is 0 Å². The van der Waals surface area contributed by atoms with Crippen LogP contribution in [0.4, 0.5) is 0 Å². The highest BCUT2D eigenvalue weighted by atomic mass is 35.5. The largest absolute Gasteiger partial charge is 0.217 e. The highest BCUT2D eigenvalue weighted by Gasteiger charge is 2.24. The minimum atomic E-state index is -3.30. The Morgan fingerprint density at radius 1 is 1.41 bits per heavy atom. The summed E-state index contributed by atoms with van der Waals surface area (Å²) in [5.41, 5.74) is 2.11. The van der Waals surface area contributed by atoms with E-state index in [4.69, 9.17) is 11.6 Å². The first-order chi connectivity index (χ1) is 7.87. The summed E-state index contributed by atoms with van der Waals surface area (Å²) in [5.74, 6) is 0.112. The van der Waals surface area contributed by atoms with E-state index in [1.807, 2.05) is 31.2 Å². The van der Waals surface area contributed by atoms with Gasteiger partial charge in [-0.05, 0) is 19.4 Å². The molecule has 17 heavy (non-hydrogen) atoms. The summed E-state index contributed by atoms with van der Waals surface area (Å²) >= 11 is 5.60. The molecule has 0 aliphatic rings. The van der Waals surface area contributed by atoms with Crippen LogP contribution in [0, 0.1) is 6.92 Å². The van der Waals surface area contributed by atoms with Gasteiger partial charge in [0.15, 0.2) is 0 Å². The van der Waals surface area contributed by atoms with Gasteiger partial charge in [-0.1, -0.05) is 29.8 Å². The summed E-state index contributed by atoms with van der Waals surface area (Å²) in [7, 11) is -1.71. The van der Waals surface area contributed by atoms with Gasteiger partial charge in [-0.25, -0.2) is 12.7 Å². The Kier molecular flexibility index (Phi) is 4.98. The fraction of sp³-hybridized carbons (Fsp3) is 0.500. The first-order valence-electron chi connectivity index (χ1n) is 5.44. The van der Waals surface area contributed by atoms with E-state index in [-0.39, 0.29) is 5.88 Å².